The number of aliphatic hydroxyl groups excluding tert-OH is 1. The van der Waals surface area contributed by atoms with E-state index >= 15 is 0 Å². The Balaban J connectivity index is 1.64. The highest BCUT2D eigenvalue weighted by Crippen LogP contribution is 2.24. The molecule has 5 nitrogen and oxygen atoms in total. The lowest BCUT2D eigenvalue weighted by atomic mass is 10.2. The van der Waals surface area contributed by atoms with Gasteiger partial charge in [0.2, 0.25) is 0 Å². The van der Waals surface area contributed by atoms with Gasteiger partial charge in [0.05, 0.1) is 23.5 Å². The van der Waals surface area contributed by atoms with Crippen molar-refractivity contribution in [2.45, 2.75) is 19.6 Å². The zero-order chi connectivity index (χ0) is 14.8. The summed E-state index contributed by atoms with van der Waals surface area (Å²) in [6, 6.07) is 7.74. The first-order valence-corrected chi connectivity index (χ1v) is 7.08. The van der Waals surface area contributed by atoms with Crippen molar-refractivity contribution in [2.24, 2.45) is 0 Å². The van der Waals surface area contributed by atoms with Crippen molar-refractivity contribution >= 4 is 22.5 Å². The zero-order valence-corrected chi connectivity index (χ0v) is 12.3. The van der Waals surface area contributed by atoms with E-state index < -0.39 is 6.10 Å². The fourth-order valence-corrected chi connectivity index (χ4v) is 2.37. The number of fused-ring (bicyclic) bond motifs is 1. The molecule has 0 saturated carbocycles. The van der Waals surface area contributed by atoms with Gasteiger partial charge in [-0.1, -0.05) is 17.7 Å². The normalized spacial score (nSPS) is 12.7. The van der Waals surface area contributed by atoms with Gasteiger partial charge >= 0.3 is 0 Å². The maximum absolute atomic E-state index is 10.1. The SMILES string of the molecule is Cc1c(Cl)cnn1CC(O)COc1cccc2[nH]ccc12. The highest BCUT2D eigenvalue weighted by atomic mass is 35.5. The average Bonchev–Trinajstić information content (AvgIpc) is 3.07. The molecule has 0 amide bonds. The molecular weight excluding hydrogens is 290 g/mol. The van der Waals surface area contributed by atoms with Crippen molar-refractivity contribution in [1.29, 1.82) is 0 Å². The fourth-order valence-electron chi connectivity index (χ4n) is 2.23. The second kappa shape index (κ2) is 5.79. The standard InChI is InChI=1S/C15H16ClN3O2/c1-10-13(16)7-18-19(10)8-11(20)9-21-15-4-2-3-14-12(15)5-6-17-14/h2-7,11,17,20H,8-9H2,1H3. The van der Waals surface area contributed by atoms with Crippen LogP contribution in [0.15, 0.2) is 36.7 Å². The Morgan fingerprint density at radius 3 is 3.05 bits per heavy atom. The molecule has 0 aliphatic heterocycles. The van der Waals surface area contributed by atoms with Gasteiger partial charge in [0.15, 0.2) is 0 Å². The molecule has 2 heterocycles. The molecule has 0 bridgehead atoms. The average molecular weight is 306 g/mol. The molecule has 3 aromatic rings. The Hall–Kier alpha value is -1.98. The lowest BCUT2D eigenvalue weighted by Gasteiger charge is -2.14. The Labute approximate surface area is 127 Å². The molecule has 0 spiro atoms. The van der Waals surface area contributed by atoms with Crippen LogP contribution < -0.4 is 4.74 Å². The van der Waals surface area contributed by atoms with Gasteiger partial charge < -0.3 is 14.8 Å². The van der Waals surface area contributed by atoms with Crippen LogP contribution in [0.5, 0.6) is 5.75 Å². The Bertz CT molecular complexity index is 750. The molecule has 0 radical (unpaired) electrons. The summed E-state index contributed by atoms with van der Waals surface area (Å²) in [5.41, 5.74) is 1.85. The third kappa shape index (κ3) is 2.89. The third-order valence-corrected chi connectivity index (χ3v) is 3.78. The molecule has 0 aliphatic rings. The van der Waals surface area contributed by atoms with Crippen molar-refractivity contribution in [1.82, 2.24) is 14.8 Å². The fraction of sp³-hybridized carbons (Fsp3) is 0.267. The second-order valence-corrected chi connectivity index (χ2v) is 5.33. The maximum Gasteiger partial charge on any atom is 0.128 e. The number of aromatic nitrogens is 3. The van der Waals surface area contributed by atoms with Gasteiger partial charge in [-0.25, -0.2) is 0 Å². The van der Waals surface area contributed by atoms with E-state index in [2.05, 4.69) is 10.1 Å². The first kappa shape index (κ1) is 14.0. The molecule has 6 heteroatoms. The van der Waals surface area contributed by atoms with Crippen LogP contribution in [-0.4, -0.2) is 32.6 Å². The van der Waals surface area contributed by atoms with E-state index in [-0.39, 0.29) is 6.61 Å². The Morgan fingerprint density at radius 1 is 1.43 bits per heavy atom. The number of nitrogens with one attached hydrogen (secondary N) is 1. The quantitative estimate of drug-likeness (QED) is 0.762. The van der Waals surface area contributed by atoms with Gasteiger partial charge in [-0.15, -0.1) is 0 Å². The molecular formula is C15H16ClN3O2. The number of benzene rings is 1. The predicted octanol–water partition coefficient (Wildman–Crippen LogP) is 2.77. The first-order valence-electron chi connectivity index (χ1n) is 6.70. The van der Waals surface area contributed by atoms with Crippen molar-refractivity contribution in [2.75, 3.05) is 6.61 Å². The van der Waals surface area contributed by atoms with E-state index in [9.17, 15) is 5.11 Å². The number of nitrogens with zero attached hydrogens (tertiary/aromatic N) is 2. The van der Waals surface area contributed by atoms with E-state index in [0.29, 0.717) is 11.6 Å². The summed E-state index contributed by atoms with van der Waals surface area (Å²) < 4.78 is 7.39. The molecule has 1 aromatic carbocycles. The van der Waals surface area contributed by atoms with Crippen LogP contribution in [0, 0.1) is 6.92 Å². The van der Waals surface area contributed by atoms with Gasteiger partial charge in [-0.3, -0.25) is 4.68 Å². The summed E-state index contributed by atoms with van der Waals surface area (Å²) in [5.74, 6) is 0.753. The highest BCUT2D eigenvalue weighted by Gasteiger charge is 2.11. The number of aromatic amines is 1. The highest BCUT2D eigenvalue weighted by molar-refractivity contribution is 6.31. The summed E-state index contributed by atoms with van der Waals surface area (Å²) >= 11 is 5.94. The minimum atomic E-state index is -0.658. The number of H-pyrrole nitrogens is 1. The van der Waals surface area contributed by atoms with Crippen LogP contribution >= 0.6 is 11.6 Å². The summed E-state index contributed by atoms with van der Waals surface area (Å²) in [4.78, 5) is 3.13. The third-order valence-electron chi connectivity index (χ3n) is 3.41. The van der Waals surface area contributed by atoms with Crippen molar-refractivity contribution in [3.8, 4) is 5.75 Å². The van der Waals surface area contributed by atoms with Gasteiger partial charge in [-0.2, -0.15) is 5.10 Å². The maximum atomic E-state index is 10.1. The minimum absolute atomic E-state index is 0.196. The topological polar surface area (TPSA) is 63.1 Å². The summed E-state index contributed by atoms with van der Waals surface area (Å²) in [5, 5.41) is 15.8. The summed E-state index contributed by atoms with van der Waals surface area (Å²) in [6.07, 6.45) is 2.78. The van der Waals surface area contributed by atoms with Gasteiger partial charge in [-0.05, 0) is 25.1 Å². The molecule has 2 N–H and O–H groups in total. The molecule has 2 aromatic heterocycles. The van der Waals surface area contributed by atoms with Crippen LogP contribution in [0.4, 0.5) is 0 Å². The largest absolute Gasteiger partial charge is 0.490 e. The van der Waals surface area contributed by atoms with Crippen molar-refractivity contribution in [3.05, 3.63) is 47.4 Å². The van der Waals surface area contributed by atoms with Crippen LogP contribution in [0.25, 0.3) is 10.9 Å². The molecule has 1 unspecified atom stereocenters. The van der Waals surface area contributed by atoms with Gasteiger partial charge in [0.25, 0.3) is 0 Å². The molecule has 0 saturated heterocycles. The predicted molar refractivity (Wildman–Crippen MR) is 81.8 cm³/mol. The molecule has 110 valence electrons. The smallest absolute Gasteiger partial charge is 0.128 e. The lowest BCUT2D eigenvalue weighted by molar-refractivity contribution is 0.0895. The van der Waals surface area contributed by atoms with E-state index in [1.54, 1.807) is 10.9 Å². The molecule has 1 atom stereocenters. The van der Waals surface area contributed by atoms with E-state index in [1.165, 1.54) is 0 Å². The molecule has 3 rings (SSSR count). The Morgan fingerprint density at radius 2 is 2.29 bits per heavy atom. The number of aliphatic hydroxyl groups is 1. The van der Waals surface area contributed by atoms with E-state index in [4.69, 9.17) is 16.3 Å². The first-order chi connectivity index (χ1) is 10.1. The lowest BCUT2D eigenvalue weighted by Crippen LogP contribution is -2.24. The van der Waals surface area contributed by atoms with E-state index in [0.717, 1.165) is 22.3 Å². The zero-order valence-electron chi connectivity index (χ0n) is 11.6. The molecule has 0 aliphatic carbocycles. The Kier molecular flexibility index (Phi) is 3.86. The van der Waals surface area contributed by atoms with Crippen molar-refractivity contribution in [3.63, 3.8) is 0 Å². The number of halogens is 1. The van der Waals surface area contributed by atoms with Crippen LogP contribution in [0.1, 0.15) is 5.69 Å². The van der Waals surface area contributed by atoms with Crippen LogP contribution in [0.2, 0.25) is 5.02 Å². The number of hydrogen-bond donors (Lipinski definition) is 2. The number of rotatable bonds is 5. The van der Waals surface area contributed by atoms with Crippen LogP contribution in [-0.2, 0) is 6.54 Å². The van der Waals surface area contributed by atoms with E-state index in [1.807, 2.05) is 37.4 Å². The second-order valence-electron chi connectivity index (χ2n) is 4.92. The summed E-state index contributed by atoms with van der Waals surface area (Å²) in [7, 11) is 0. The minimum Gasteiger partial charge on any atom is -0.490 e. The summed E-state index contributed by atoms with van der Waals surface area (Å²) in [6.45, 7) is 2.41. The van der Waals surface area contributed by atoms with Crippen LogP contribution in [0.3, 0.4) is 0 Å². The van der Waals surface area contributed by atoms with Gasteiger partial charge in [0.1, 0.15) is 18.5 Å². The number of hydrogen-bond acceptors (Lipinski definition) is 3. The molecule has 0 fully saturated rings. The number of ether oxygens (including phenoxy) is 1. The molecule has 21 heavy (non-hydrogen) atoms. The monoisotopic (exact) mass is 305 g/mol. The van der Waals surface area contributed by atoms with Gasteiger partial charge in [0, 0.05) is 17.1 Å². The van der Waals surface area contributed by atoms with Crippen molar-refractivity contribution < 1.29 is 9.84 Å².